The molecule has 0 aromatic heterocycles. The molecular formula is C15H19N3. The third-order valence-electron chi connectivity index (χ3n) is 3.05. The second kappa shape index (κ2) is 6.31. The van der Waals surface area contributed by atoms with Crippen LogP contribution in [0, 0.1) is 0 Å². The molecule has 0 spiro atoms. The van der Waals surface area contributed by atoms with Gasteiger partial charge in [0.15, 0.2) is 0 Å². The van der Waals surface area contributed by atoms with E-state index in [-0.39, 0.29) is 6.04 Å². The maximum Gasteiger partial charge on any atom is 0.0756 e. The first-order valence-electron chi connectivity index (χ1n) is 6.19. The number of nitrogens with one attached hydrogen (secondary N) is 1. The molecule has 3 heteroatoms. The molecule has 0 radical (unpaired) electrons. The largest absolute Gasteiger partial charge is 0.258 e. The third-order valence-corrected chi connectivity index (χ3v) is 3.05. The van der Waals surface area contributed by atoms with Crippen molar-refractivity contribution >= 4 is 0 Å². The standard InChI is InChI=1S/C15H19N3/c1-2-18(17-16)15(13-9-5-3-6-10-13)14-11-7-4-8-12-14/h3-12,15,17H,2,16H2,1H3. The van der Waals surface area contributed by atoms with Crippen molar-refractivity contribution in [3.8, 4) is 0 Å². The lowest BCUT2D eigenvalue weighted by Crippen LogP contribution is -2.45. The summed E-state index contributed by atoms with van der Waals surface area (Å²) in [5.74, 6) is 5.63. The number of nitrogens with two attached hydrogens (primary N) is 1. The molecule has 0 fully saturated rings. The Morgan fingerprint density at radius 1 is 0.944 bits per heavy atom. The van der Waals surface area contributed by atoms with Gasteiger partial charge in [0.25, 0.3) is 0 Å². The Hall–Kier alpha value is -1.68. The van der Waals surface area contributed by atoms with E-state index in [9.17, 15) is 0 Å². The van der Waals surface area contributed by atoms with Crippen molar-refractivity contribution in [3.05, 3.63) is 71.8 Å². The molecule has 0 aliphatic rings. The molecule has 0 aliphatic heterocycles. The summed E-state index contributed by atoms with van der Waals surface area (Å²) in [6, 6.07) is 20.9. The molecule has 0 bridgehead atoms. The number of rotatable bonds is 5. The van der Waals surface area contributed by atoms with Crippen LogP contribution < -0.4 is 11.4 Å². The van der Waals surface area contributed by atoms with Crippen molar-refractivity contribution < 1.29 is 0 Å². The predicted molar refractivity (Wildman–Crippen MR) is 74.4 cm³/mol. The summed E-state index contributed by atoms with van der Waals surface area (Å²) in [5, 5.41) is 2.02. The number of hydrogen-bond acceptors (Lipinski definition) is 3. The van der Waals surface area contributed by atoms with Gasteiger partial charge in [-0.2, -0.15) is 5.53 Å². The molecule has 3 nitrogen and oxygen atoms in total. The molecule has 0 unspecified atom stereocenters. The Morgan fingerprint density at radius 2 is 1.39 bits per heavy atom. The van der Waals surface area contributed by atoms with Gasteiger partial charge in [0.2, 0.25) is 0 Å². The zero-order valence-corrected chi connectivity index (χ0v) is 10.6. The maximum atomic E-state index is 5.63. The summed E-state index contributed by atoms with van der Waals surface area (Å²) in [6.07, 6.45) is 0. The first-order chi connectivity index (χ1) is 8.86. The number of benzene rings is 2. The Bertz CT molecular complexity index is 412. The van der Waals surface area contributed by atoms with Crippen LogP contribution in [0.2, 0.25) is 0 Å². The van der Waals surface area contributed by atoms with Gasteiger partial charge < -0.3 is 0 Å². The molecule has 3 N–H and O–H groups in total. The molecule has 2 aromatic rings. The van der Waals surface area contributed by atoms with Gasteiger partial charge in [0.1, 0.15) is 0 Å². The van der Waals surface area contributed by atoms with E-state index in [2.05, 4.69) is 61.0 Å². The van der Waals surface area contributed by atoms with E-state index in [1.807, 2.05) is 17.1 Å². The first-order valence-corrected chi connectivity index (χ1v) is 6.19. The SMILES string of the molecule is CCN(NN)C(c1ccccc1)c1ccccc1. The lowest BCUT2D eigenvalue weighted by Gasteiger charge is -2.30. The van der Waals surface area contributed by atoms with E-state index >= 15 is 0 Å². The van der Waals surface area contributed by atoms with Crippen LogP contribution in [0.25, 0.3) is 0 Å². The van der Waals surface area contributed by atoms with Crippen molar-refractivity contribution in [2.45, 2.75) is 13.0 Å². The zero-order valence-electron chi connectivity index (χ0n) is 10.6. The molecule has 0 saturated heterocycles. The summed E-state index contributed by atoms with van der Waals surface area (Å²) in [6.45, 7) is 2.91. The van der Waals surface area contributed by atoms with Crippen molar-refractivity contribution in [3.63, 3.8) is 0 Å². The van der Waals surface area contributed by atoms with Crippen LogP contribution in [0.1, 0.15) is 24.1 Å². The van der Waals surface area contributed by atoms with Crippen molar-refractivity contribution in [1.82, 2.24) is 10.5 Å². The van der Waals surface area contributed by atoms with Crippen molar-refractivity contribution in [2.24, 2.45) is 5.84 Å². The van der Waals surface area contributed by atoms with Gasteiger partial charge >= 0.3 is 0 Å². The van der Waals surface area contributed by atoms with Crippen LogP contribution in [0.4, 0.5) is 0 Å². The lowest BCUT2D eigenvalue weighted by molar-refractivity contribution is 0.156. The summed E-state index contributed by atoms with van der Waals surface area (Å²) in [4.78, 5) is 0. The van der Waals surface area contributed by atoms with E-state index in [1.54, 1.807) is 0 Å². The van der Waals surface area contributed by atoms with Crippen LogP contribution in [0.15, 0.2) is 60.7 Å². The average Bonchev–Trinajstić information content (AvgIpc) is 2.46. The fourth-order valence-electron chi connectivity index (χ4n) is 2.17. The fourth-order valence-corrected chi connectivity index (χ4v) is 2.17. The summed E-state index contributed by atoms with van der Waals surface area (Å²) < 4.78 is 0. The molecule has 2 aromatic carbocycles. The monoisotopic (exact) mass is 241 g/mol. The molecule has 0 aliphatic carbocycles. The Morgan fingerprint density at radius 3 is 1.72 bits per heavy atom. The van der Waals surface area contributed by atoms with Crippen LogP contribution in [0.3, 0.4) is 0 Å². The second-order valence-corrected chi connectivity index (χ2v) is 4.14. The lowest BCUT2D eigenvalue weighted by atomic mass is 9.98. The molecule has 18 heavy (non-hydrogen) atoms. The van der Waals surface area contributed by atoms with E-state index in [1.165, 1.54) is 11.1 Å². The quantitative estimate of drug-likeness (QED) is 0.624. The molecule has 0 saturated carbocycles. The topological polar surface area (TPSA) is 41.3 Å². The number of hydrazine groups is 2. The minimum atomic E-state index is 0.127. The average molecular weight is 241 g/mol. The summed E-state index contributed by atoms with van der Waals surface area (Å²) >= 11 is 0. The molecular weight excluding hydrogens is 222 g/mol. The van der Waals surface area contributed by atoms with Gasteiger partial charge in [-0.15, -0.1) is 0 Å². The van der Waals surface area contributed by atoms with Gasteiger partial charge in [-0.05, 0) is 11.1 Å². The van der Waals surface area contributed by atoms with Crippen molar-refractivity contribution in [2.75, 3.05) is 6.54 Å². The number of nitrogens with zero attached hydrogens (tertiary/aromatic N) is 1. The van der Waals surface area contributed by atoms with E-state index in [0.717, 1.165) is 6.54 Å². The molecule has 0 amide bonds. The van der Waals surface area contributed by atoms with Crippen LogP contribution in [-0.2, 0) is 0 Å². The van der Waals surface area contributed by atoms with E-state index in [0.29, 0.717) is 0 Å². The highest BCUT2D eigenvalue weighted by Gasteiger charge is 2.19. The zero-order chi connectivity index (χ0) is 12.8. The predicted octanol–water partition coefficient (Wildman–Crippen LogP) is 2.48. The Balaban J connectivity index is 2.41. The van der Waals surface area contributed by atoms with Crippen molar-refractivity contribution in [1.29, 1.82) is 0 Å². The van der Waals surface area contributed by atoms with Crippen LogP contribution >= 0.6 is 0 Å². The molecule has 0 heterocycles. The van der Waals surface area contributed by atoms with Gasteiger partial charge in [-0.25, -0.2) is 5.01 Å². The van der Waals surface area contributed by atoms with Gasteiger partial charge in [0, 0.05) is 6.54 Å². The highest BCUT2D eigenvalue weighted by atomic mass is 15.6. The minimum Gasteiger partial charge on any atom is -0.258 e. The summed E-state index contributed by atoms with van der Waals surface area (Å²) in [5.41, 5.74) is 5.23. The fraction of sp³-hybridized carbons (Fsp3) is 0.200. The molecule has 0 atom stereocenters. The number of hydrogen-bond donors (Lipinski definition) is 2. The van der Waals surface area contributed by atoms with E-state index < -0.39 is 0 Å². The molecule has 94 valence electrons. The van der Waals surface area contributed by atoms with E-state index in [4.69, 9.17) is 5.84 Å². The van der Waals surface area contributed by atoms with Gasteiger partial charge in [-0.1, -0.05) is 67.6 Å². The van der Waals surface area contributed by atoms with Crippen LogP contribution in [0.5, 0.6) is 0 Å². The Labute approximate surface area is 108 Å². The van der Waals surface area contributed by atoms with Gasteiger partial charge in [-0.3, -0.25) is 5.84 Å². The van der Waals surface area contributed by atoms with Crippen LogP contribution in [-0.4, -0.2) is 11.6 Å². The highest BCUT2D eigenvalue weighted by molar-refractivity contribution is 5.31. The van der Waals surface area contributed by atoms with Gasteiger partial charge in [0.05, 0.1) is 6.04 Å². The minimum absolute atomic E-state index is 0.127. The second-order valence-electron chi connectivity index (χ2n) is 4.14. The highest BCUT2D eigenvalue weighted by Crippen LogP contribution is 2.26. The summed E-state index contributed by atoms with van der Waals surface area (Å²) in [7, 11) is 0. The molecule has 2 rings (SSSR count). The third kappa shape index (κ3) is 2.76. The normalized spacial score (nSPS) is 11.1. The smallest absolute Gasteiger partial charge is 0.0756 e. The maximum absolute atomic E-state index is 5.63. The first kappa shape index (κ1) is 12.8. The Kier molecular flexibility index (Phi) is 4.47.